The Hall–Kier alpha value is -7.36. The van der Waals surface area contributed by atoms with Crippen LogP contribution in [0.1, 0.15) is 0 Å². The molecule has 2 heterocycles. The number of fused-ring (bicyclic) bond motifs is 3. The molecule has 3 heteroatoms. The van der Waals surface area contributed by atoms with E-state index in [1.807, 2.05) is 24.3 Å². The van der Waals surface area contributed by atoms with Crippen LogP contribution in [0.25, 0.3) is 94.8 Å². The maximum Gasteiger partial charge on any atom is 0.160 e. The molecule has 0 atom stereocenters. The lowest BCUT2D eigenvalue weighted by Crippen LogP contribution is -1.99. The third kappa shape index (κ3) is 5.98. The standard InChI is InChI=1S/C52H35N3/c1-6-18-36(19-7-1)41-33-44(40-30-31-50-45(32-40)43-28-16-17-29-49(43)55(50)42-26-14-5-15-27-42)51(38-22-10-3-11-23-38)46(34-41)48-35-47(37-20-8-2-9-21-37)53-52(54-48)39-24-12-4-13-25-39/h1-35H. The zero-order valence-corrected chi connectivity index (χ0v) is 30.0. The highest BCUT2D eigenvalue weighted by atomic mass is 15.0. The summed E-state index contributed by atoms with van der Waals surface area (Å²) in [5.41, 5.74) is 15.1. The van der Waals surface area contributed by atoms with Crippen molar-refractivity contribution >= 4 is 21.8 Å². The van der Waals surface area contributed by atoms with E-state index in [1.54, 1.807) is 0 Å². The normalized spacial score (nSPS) is 11.3. The van der Waals surface area contributed by atoms with Crippen LogP contribution in [0.5, 0.6) is 0 Å². The first-order chi connectivity index (χ1) is 27.3. The van der Waals surface area contributed by atoms with Gasteiger partial charge in [-0.3, -0.25) is 0 Å². The Morgan fingerprint density at radius 3 is 1.53 bits per heavy atom. The van der Waals surface area contributed by atoms with Gasteiger partial charge in [0.25, 0.3) is 0 Å². The Kier molecular flexibility index (Phi) is 8.16. The average Bonchev–Trinajstić information content (AvgIpc) is 3.61. The van der Waals surface area contributed by atoms with E-state index in [9.17, 15) is 0 Å². The topological polar surface area (TPSA) is 30.7 Å². The van der Waals surface area contributed by atoms with Crippen LogP contribution in [-0.4, -0.2) is 14.5 Å². The second-order valence-corrected chi connectivity index (χ2v) is 13.8. The highest BCUT2D eigenvalue weighted by Crippen LogP contribution is 2.45. The summed E-state index contributed by atoms with van der Waals surface area (Å²) in [5.74, 6) is 0.692. The molecule has 0 aliphatic rings. The number of benzene rings is 8. The second-order valence-electron chi connectivity index (χ2n) is 13.8. The predicted octanol–water partition coefficient (Wildman–Crippen LogP) is 13.6. The van der Waals surface area contributed by atoms with Crippen molar-refractivity contribution in [2.75, 3.05) is 0 Å². The molecule has 10 rings (SSSR count). The quantitative estimate of drug-likeness (QED) is 0.166. The third-order valence-corrected chi connectivity index (χ3v) is 10.4. The van der Waals surface area contributed by atoms with Gasteiger partial charge in [-0.2, -0.15) is 0 Å². The monoisotopic (exact) mass is 701 g/mol. The Balaban J connectivity index is 1.29. The largest absolute Gasteiger partial charge is 0.309 e. The number of rotatable bonds is 7. The van der Waals surface area contributed by atoms with Crippen LogP contribution >= 0.6 is 0 Å². The lowest BCUT2D eigenvalue weighted by Gasteiger charge is -2.20. The van der Waals surface area contributed by atoms with Gasteiger partial charge >= 0.3 is 0 Å². The van der Waals surface area contributed by atoms with Crippen molar-refractivity contribution < 1.29 is 0 Å². The molecule has 2 aromatic heterocycles. The summed E-state index contributed by atoms with van der Waals surface area (Å²) in [6.07, 6.45) is 0. The van der Waals surface area contributed by atoms with E-state index >= 15 is 0 Å². The SMILES string of the molecule is c1ccc(-c2cc(-c3ccc4c(c3)c3ccccc3n4-c3ccccc3)c(-c3ccccc3)c(-c3cc(-c4ccccc4)nc(-c4ccccc4)n3)c2)cc1. The molecule has 0 saturated carbocycles. The Morgan fingerprint density at radius 1 is 0.309 bits per heavy atom. The molecule has 0 bridgehead atoms. The zero-order valence-electron chi connectivity index (χ0n) is 30.0. The van der Waals surface area contributed by atoms with Gasteiger partial charge in [0.15, 0.2) is 5.82 Å². The van der Waals surface area contributed by atoms with Crippen LogP contribution in [0.4, 0.5) is 0 Å². The van der Waals surface area contributed by atoms with Gasteiger partial charge in [-0.1, -0.05) is 164 Å². The maximum absolute atomic E-state index is 5.37. The van der Waals surface area contributed by atoms with E-state index < -0.39 is 0 Å². The molecule has 0 N–H and O–H groups in total. The first-order valence-corrected chi connectivity index (χ1v) is 18.7. The summed E-state index contributed by atoms with van der Waals surface area (Å²) in [6, 6.07) is 75.2. The number of aromatic nitrogens is 3. The van der Waals surface area contributed by atoms with E-state index in [2.05, 4.69) is 193 Å². The molecular formula is C52H35N3. The number of hydrogen-bond donors (Lipinski definition) is 0. The molecule has 8 aromatic carbocycles. The van der Waals surface area contributed by atoms with E-state index in [0.29, 0.717) is 5.82 Å². The molecule has 10 aromatic rings. The van der Waals surface area contributed by atoms with Crippen molar-refractivity contribution in [2.24, 2.45) is 0 Å². The maximum atomic E-state index is 5.37. The van der Waals surface area contributed by atoms with Crippen molar-refractivity contribution in [3.8, 4) is 73.0 Å². The van der Waals surface area contributed by atoms with Crippen molar-refractivity contribution in [1.29, 1.82) is 0 Å². The fourth-order valence-corrected chi connectivity index (χ4v) is 7.84. The highest BCUT2D eigenvalue weighted by molar-refractivity contribution is 6.11. The van der Waals surface area contributed by atoms with Gasteiger partial charge < -0.3 is 4.57 Å². The smallest absolute Gasteiger partial charge is 0.160 e. The van der Waals surface area contributed by atoms with Gasteiger partial charge in [-0.15, -0.1) is 0 Å². The molecule has 0 aliphatic carbocycles. The molecule has 55 heavy (non-hydrogen) atoms. The number of para-hydroxylation sites is 2. The predicted molar refractivity (Wildman–Crippen MR) is 229 cm³/mol. The summed E-state index contributed by atoms with van der Waals surface area (Å²) < 4.78 is 2.37. The molecule has 0 spiro atoms. The molecule has 258 valence electrons. The highest BCUT2D eigenvalue weighted by Gasteiger charge is 2.21. The summed E-state index contributed by atoms with van der Waals surface area (Å²) in [7, 11) is 0. The molecule has 0 unspecified atom stereocenters. The lowest BCUT2D eigenvalue weighted by atomic mass is 9.85. The molecular weight excluding hydrogens is 667 g/mol. The molecule has 0 saturated heterocycles. The Bertz CT molecular complexity index is 2880. The van der Waals surface area contributed by atoms with E-state index in [-0.39, 0.29) is 0 Å². The molecule has 0 amide bonds. The zero-order chi connectivity index (χ0) is 36.6. The van der Waals surface area contributed by atoms with Gasteiger partial charge in [0.2, 0.25) is 0 Å². The minimum absolute atomic E-state index is 0.692. The van der Waals surface area contributed by atoms with E-state index in [4.69, 9.17) is 9.97 Å². The minimum Gasteiger partial charge on any atom is -0.309 e. The van der Waals surface area contributed by atoms with Gasteiger partial charge in [0, 0.05) is 33.2 Å². The molecule has 0 aliphatic heterocycles. The van der Waals surface area contributed by atoms with Crippen LogP contribution in [0.15, 0.2) is 212 Å². The van der Waals surface area contributed by atoms with Gasteiger partial charge in [0.05, 0.1) is 22.4 Å². The number of nitrogens with zero attached hydrogens (tertiary/aromatic N) is 3. The molecule has 3 nitrogen and oxygen atoms in total. The van der Waals surface area contributed by atoms with Crippen molar-refractivity contribution in [3.05, 3.63) is 212 Å². The van der Waals surface area contributed by atoms with Crippen LogP contribution in [-0.2, 0) is 0 Å². The third-order valence-electron chi connectivity index (χ3n) is 10.4. The van der Waals surface area contributed by atoms with Crippen molar-refractivity contribution in [2.45, 2.75) is 0 Å². The summed E-state index contributed by atoms with van der Waals surface area (Å²) in [4.78, 5) is 10.5. The first-order valence-electron chi connectivity index (χ1n) is 18.7. The second kappa shape index (κ2) is 13.9. The van der Waals surface area contributed by atoms with Gasteiger partial charge in [0.1, 0.15) is 0 Å². The number of hydrogen-bond acceptors (Lipinski definition) is 2. The summed E-state index contributed by atoms with van der Waals surface area (Å²) in [6.45, 7) is 0. The van der Waals surface area contributed by atoms with E-state index in [1.165, 1.54) is 21.8 Å². The van der Waals surface area contributed by atoms with Crippen LogP contribution in [0, 0.1) is 0 Å². The molecule has 0 fully saturated rings. The Labute approximate surface area is 320 Å². The lowest BCUT2D eigenvalue weighted by molar-refractivity contribution is 1.18. The average molecular weight is 702 g/mol. The van der Waals surface area contributed by atoms with Crippen molar-refractivity contribution in [1.82, 2.24) is 14.5 Å². The first kappa shape index (κ1) is 32.3. The van der Waals surface area contributed by atoms with Crippen LogP contribution in [0.3, 0.4) is 0 Å². The summed E-state index contributed by atoms with van der Waals surface area (Å²) in [5, 5.41) is 2.43. The van der Waals surface area contributed by atoms with Gasteiger partial charge in [-0.25, -0.2) is 9.97 Å². The molecule has 0 radical (unpaired) electrons. The van der Waals surface area contributed by atoms with Crippen LogP contribution < -0.4 is 0 Å². The van der Waals surface area contributed by atoms with Crippen molar-refractivity contribution in [3.63, 3.8) is 0 Å². The minimum atomic E-state index is 0.692. The van der Waals surface area contributed by atoms with E-state index in [0.717, 1.165) is 67.1 Å². The Morgan fingerprint density at radius 2 is 0.836 bits per heavy atom. The fraction of sp³-hybridized carbons (Fsp3) is 0. The summed E-state index contributed by atoms with van der Waals surface area (Å²) >= 11 is 0. The van der Waals surface area contributed by atoms with Gasteiger partial charge in [-0.05, 0) is 81.9 Å². The van der Waals surface area contributed by atoms with Crippen LogP contribution in [0.2, 0.25) is 0 Å². The fourth-order valence-electron chi connectivity index (χ4n) is 7.84.